The van der Waals surface area contributed by atoms with E-state index in [2.05, 4.69) is 38.9 Å². The van der Waals surface area contributed by atoms with Crippen molar-refractivity contribution >= 4 is 32.8 Å². The van der Waals surface area contributed by atoms with Crippen LogP contribution in [0.1, 0.15) is 85.2 Å². The summed E-state index contributed by atoms with van der Waals surface area (Å²) in [5.41, 5.74) is 6.18. The van der Waals surface area contributed by atoms with E-state index in [9.17, 15) is 18.0 Å². The number of Topliss-reactive ketones (excluding diaryl/α,β-unsaturated/α-hetero) is 1. The van der Waals surface area contributed by atoms with Crippen LogP contribution in [0.25, 0.3) is 22.2 Å². The highest BCUT2D eigenvalue weighted by molar-refractivity contribution is 7.87. The van der Waals surface area contributed by atoms with Crippen molar-refractivity contribution in [2.45, 2.75) is 88.8 Å². The van der Waals surface area contributed by atoms with Gasteiger partial charge in [-0.3, -0.25) is 9.59 Å². The summed E-state index contributed by atoms with van der Waals surface area (Å²) in [6.07, 6.45) is 10.5. The number of rotatable bonds is 9. The molecule has 0 radical (unpaired) electrons. The quantitative estimate of drug-likeness (QED) is 0.336. The highest BCUT2D eigenvalue weighted by atomic mass is 32.2. The Balaban J connectivity index is 1.39. The van der Waals surface area contributed by atoms with Crippen molar-refractivity contribution in [2.24, 2.45) is 5.92 Å². The van der Waals surface area contributed by atoms with Crippen LogP contribution in [0, 0.1) is 5.92 Å². The first kappa shape index (κ1) is 31.9. The minimum atomic E-state index is -3.94. The van der Waals surface area contributed by atoms with Crippen LogP contribution in [0.4, 0.5) is 0 Å². The molecule has 1 aliphatic heterocycles. The predicted octanol–water partition coefficient (Wildman–Crippen LogP) is 5.18. The van der Waals surface area contributed by atoms with Crippen LogP contribution in [-0.4, -0.2) is 68.9 Å². The minimum Gasteiger partial charge on any atom is -0.381 e. The molecular formula is C35H46N4O5S. The number of nitrogens with one attached hydrogen (secondary N) is 2. The molecule has 0 spiro atoms. The van der Waals surface area contributed by atoms with Gasteiger partial charge >= 0.3 is 10.2 Å². The highest BCUT2D eigenvalue weighted by Gasteiger charge is 2.32. The number of amides is 1. The van der Waals surface area contributed by atoms with Crippen molar-refractivity contribution in [1.29, 1.82) is 0 Å². The summed E-state index contributed by atoms with van der Waals surface area (Å²) in [5, 5.41) is 4.75. The number of ether oxygens (including phenoxy) is 1. The molecule has 3 atom stereocenters. The molecule has 45 heavy (non-hydrogen) atoms. The molecule has 3 aromatic rings. The van der Waals surface area contributed by atoms with E-state index in [0.717, 1.165) is 60.2 Å². The van der Waals surface area contributed by atoms with E-state index in [0.29, 0.717) is 24.6 Å². The van der Waals surface area contributed by atoms with Crippen molar-refractivity contribution in [3.8, 4) is 11.3 Å². The van der Waals surface area contributed by atoms with Gasteiger partial charge in [0.1, 0.15) is 5.78 Å². The molecule has 242 valence electrons. The number of methoxy groups -OCH3 is 1. The lowest BCUT2D eigenvalue weighted by atomic mass is 9.81. The lowest BCUT2D eigenvalue weighted by molar-refractivity contribution is -0.124. The average molecular weight is 635 g/mol. The van der Waals surface area contributed by atoms with Gasteiger partial charge in [-0.05, 0) is 67.7 Å². The van der Waals surface area contributed by atoms with Gasteiger partial charge in [-0.1, -0.05) is 56.0 Å². The fourth-order valence-electron chi connectivity index (χ4n) is 7.73. The maximum Gasteiger partial charge on any atom is 0.303 e. The fourth-order valence-corrected chi connectivity index (χ4v) is 8.26. The third kappa shape index (κ3) is 6.61. The van der Waals surface area contributed by atoms with E-state index < -0.39 is 16.1 Å². The molecular weight excluding hydrogens is 588 g/mol. The molecule has 1 amide bonds. The number of nitrogens with zero attached hydrogens (tertiary/aromatic N) is 2. The Morgan fingerprint density at radius 3 is 2.53 bits per heavy atom. The third-order valence-electron chi connectivity index (χ3n) is 10.2. The second-order valence-electron chi connectivity index (χ2n) is 13.3. The van der Waals surface area contributed by atoms with Gasteiger partial charge in [-0.2, -0.15) is 12.7 Å². The number of hydrogen-bond acceptors (Lipinski definition) is 6. The lowest BCUT2D eigenvalue weighted by Crippen LogP contribution is -2.41. The Bertz CT molecular complexity index is 1670. The first-order chi connectivity index (χ1) is 21.7. The molecule has 2 heterocycles. The van der Waals surface area contributed by atoms with Gasteiger partial charge in [-0.25, -0.2) is 4.72 Å². The number of aromatic nitrogens is 1. The van der Waals surface area contributed by atoms with Crippen molar-refractivity contribution in [3.63, 3.8) is 0 Å². The zero-order valence-electron chi connectivity index (χ0n) is 26.7. The molecule has 2 fully saturated rings. The first-order valence-corrected chi connectivity index (χ1v) is 17.9. The maximum atomic E-state index is 13.4. The Labute approximate surface area is 266 Å². The molecule has 1 aromatic heterocycles. The molecule has 9 nitrogen and oxygen atoms in total. The van der Waals surface area contributed by atoms with Gasteiger partial charge in [0.2, 0.25) is 0 Å². The molecule has 2 N–H and O–H groups in total. The molecule has 2 aromatic carbocycles. The van der Waals surface area contributed by atoms with Crippen molar-refractivity contribution in [1.82, 2.24) is 18.9 Å². The molecule has 2 saturated carbocycles. The topological polar surface area (TPSA) is 110 Å². The van der Waals surface area contributed by atoms with Gasteiger partial charge in [0, 0.05) is 61.7 Å². The Morgan fingerprint density at radius 1 is 1.00 bits per heavy atom. The second-order valence-corrected chi connectivity index (χ2v) is 15.2. The van der Waals surface area contributed by atoms with Crippen LogP contribution in [0.3, 0.4) is 0 Å². The normalized spacial score (nSPS) is 22.5. The molecule has 6 rings (SSSR count). The van der Waals surface area contributed by atoms with Crippen LogP contribution in [-0.2, 0) is 32.7 Å². The minimum absolute atomic E-state index is 0.000398. The van der Waals surface area contributed by atoms with E-state index in [1.54, 1.807) is 13.2 Å². The molecule has 2 aliphatic carbocycles. The average Bonchev–Trinajstić information content (AvgIpc) is 3.26. The summed E-state index contributed by atoms with van der Waals surface area (Å²) in [7, 11) is 0.577. The second kappa shape index (κ2) is 13.4. The summed E-state index contributed by atoms with van der Waals surface area (Å²) < 4.78 is 36.0. The predicted molar refractivity (Wildman–Crippen MR) is 177 cm³/mol. The highest BCUT2D eigenvalue weighted by Crippen LogP contribution is 2.46. The van der Waals surface area contributed by atoms with E-state index in [1.165, 1.54) is 55.7 Å². The lowest BCUT2D eigenvalue weighted by Gasteiger charge is -2.28. The van der Waals surface area contributed by atoms with Crippen LogP contribution in [0.15, 0.2) is 42.5 Å². The van der Waals surface area contributed by atoms with Crippen LogP contribution in [0.5, 0.6) is 0 Å². The van der Waals surface area contributed by atoms with E-state index in [1.807, 2.05) is 12.1 Å². The summed E-state index contributed by atoms with van der Waals surface area (Å²) in [6, 6.07) is 14.1. The van der Waals surface area contributed by atoms with Crippen molar-refractivity contribution in [2.75, 3.05) is 27.7 Å². The first-order valence-electron chi connectivity index (χ1n) is 16.4. The van der Waals surface area contributed by atoms with Gasteiger partial charge in [0.15, 0.2) is 0 Å². The number of carbonyl (C=O) groups excluding carboxylic acids is 2. The maximum absolute atomic E-state index is 13.4. The molecule has 0 bridgehead atoms. The monoisotopic (exact) mass is 634 g/mol. The summed E-state index contributed by atoms with van der Waals surface area (Å²) in [6.45, 7) is 0.945. The zero-order chi connectivity index (χ0) is 31.7. The van der Waals surface area contributed by atoms with Crippen molar-refractivity contribution in [3.05, 3.63) is 59.2 Å². The Kier molecular flexibility index (Phi) is 9.47. The fraction of sp³-hybridized carbons (Fsp3) is 0.543. The van der Waals surface area contributed by atoms with Crippen molar-refractivity contribution < 1.29 is 22.7 Å². The molecule has 10 heteroatoms. The number of benzene rings is 2. The Morgan fingerprint density at radius 2 is 1.78 bits per heavy atom. The smallest absolute Gasteiger partial charge is 0.303 e. The van der Waals surface area contributed by atoms with E-state index in [4.69, 9.17) is 4.74 Å². The van der Waals surface area contributed by atoms with E-state index in [-0.39, 0.29) is 23.8 Å². The molecule has 3 aliphatic rings. The summed E-state index contributed by atoms with van der Waals surface area (Å²) in [5.74, 6) is 0.0208. The summed E-state index contributed by atoms with van der Waals surface area (Å²) in [4.78, 5) is 26.6. The number of ketones is 1. The SMILES string of the molecule is COC1CCCC(C(=O)CNC2Cc3ccccc3-c3c(C4CCCCC4)c4ccc(C(=O)NS(=O)(=O)N(C)C)cc4n3C2)C1. The van der Waals surface area contributed by atoms with Gasteiger partial charge < -0.3 is 14.6 Å². The zero-order valence-corrected chi connectivity index (χ0v) is 27.5. The number of hydrogen-bond donors (Lipinski definition) is 2. The van der Waals surface area contributed by atoms with E-state index >= 15 is 0 Å². The van der Waals surface area contributed by atoms with Gasteiger partial charge in [0.25, 0.3) is 5.91 Å². The Hall–Kier alpha value is -3.05. The summed E-state index contributed by atoms with van der Waals surface area (Å²) >= 11 is 0. The molecule has 3 unspecified atom stereocenters. The van der Waals surface area contributed by atoms with Crippen LogP contribution < -0.4 is 10.0 Å². The van der Waals surface area contributed by atoms with Crippen LogP contribution in [0.2, 0.25) is 0 Å². The largest absolute Gasteiger partial charge is 0.381 e. The third-order valence-corrected chi connectivity index (χ3v) is 11.6. The van der Waals surface area contributed by atoms with Gasteiger partial charge in [-0.15, -0.1) is 0 Å². The number of carbonyl (C=O) groups is 2. The van der Waals surface area contributed by atoms with Gasteiger partial charge in [0.05, 0.1) is 18.3 Å². The number of fused-ring (bicyclic) bond motifs is 5. The van der Waals surface area contributed by atoms with Crippen LogP contribution >= 0.6 is 0 Å². The standard InChI is InChI=1S/C35H46N4O5S/c1-38(2)45(42,43)37-35(41)26-16-17-30-31(20-26)39-22-27(36-21-32(40)25-13-9-14-28(19-25)44-3)18-24-12-7-8-15-29(24)34(39)33(30)23-10-5-4-6-11-23/h7-8,12,15-17,20,23,25,27-28,36H,4-6,9-11,13-14,18-19,21-22H2,1-3H3,(H,37,41). The molecule has 0 saturated heterocycles.